The van der Waals surface area contributed by atoms with E-state index in [2.05, 4.69) is 25.9 Å². The number of carbonyl (C=O) groups is 2. The number of ether oxygens (including phenoxy) is 3. The van der Waals surface area contributed by atoms with E-state index in [9.17, 15) is 9.59 Å². The standard InChI is InChI=1S/C24H21N5O5/c1-2-32-22(30)15-33-17-13-11-16(12-14-17)24(31)25-19-8-4-6-10-21(19)34-20-9-5-3-7-18(20)23-26-28-29-27-23/h3-14H,2,15H2,1H3,(H,25,31)(H,26,27,28,29). The summed E-state index contributed by atoms with van der Waals surface area (Å²) >= 11 is 0. The molecule has 2 N–H and O–H groups in total. The molecule has 10 nitrogen and oxygen atoms in total. The van der Waals surface area contributed by atoms with E-state index in [1.165, 1.54) is 0 Å². The summed E-state index contributed by atoms with van der Waals surface area (Å²) in [5.74, 6) is 1.00. The van der Waals surface area contributed by atoms with Gasteiger partial charge >= 0.3 is 5.97 Å². The van der Waals surface area contributed by atoms with Crippen molar-refractivity contribution in [3.05, 3.63) is 78.4 Å². The summed E-state index contributed by atoms with van der Waals surface area (Å²) in [6.45, 7) is 1.81. The highest BCUT2D eigenvalue weighted by atomic mass is 16.6. The van der Waals surface area contributed by atoms with Crippen molar-refractivity contribution in [3.8, 4) is 28.6 Å². The quantitative estimate of drug-likeness (QED) is 0.361. The van der Waals surface area contributed by atoms with Crippen molar-refractivity contribution in [3.63, 3.8) is 0 Å². The van der Waals surface area contributed by atoms with E-state index in [0.29, 0.717) is 39.9 Å². The van der Waals surface area contributed by atoms with Gasteiger partial charge in [-0.3, -0.25) is 4.79 Å². The third-order valence-electron chi connectivity index (χ3n) is 4.61. The van der Waals surface area contributed by atoms with Crippen molar-refractivity contribution in [2.24, 2.45) is 0 Å². The first-order valence-corrected chi connectivity index (χ1v) is 10.4. The molecule has 0 unspecified atom stereocenters. The van der Waals surface area contributed by atoms with E-state index in [-0.39, 0.29) is 19.1 Å². The minimum absolute atomic E-state index is 0.199. The van der Waals surface area contributed by atoms with E-state index in [1.54, 1.807) is 61.5 Å². The molecule has 1 aromatic heterocycles. The minimum atomic E-state index is -0.457. The number of para-hydroxylation sites is 3. The first-order valence-electron chi connectivity index (χ1n) is 10.4. The van der Waals surface area contributed by atoms with Crippen LogP contribution in [0.5, 0.6) is 17.2 Å². The number of rotatable bonds is 9. The molecular formula is C24H21N5O5. The Morgan fingerprint density at radius 2 is 1.68 bits per heavy atom. The van der Waals surface area contributed by atoms with Crippen LogP contribution in [0.25, 0.3) is 11.4 Å². The van der Waals surface area contributed by atoms with Crippen molar-refractivity contribution in [2.75, 3.05) is 18.5 Å². The molecule has 10 heteroatoms. The number of anilines is 1. The van der Waals surface area contributed by atoms with Gasteiger partial charge in [-0.2, -0.15) is 5.21 Å². The summed E-state index contributed by atoms with van der Waals surface area (Å²) < 4.78 is 16.3. The highest BCUT2D eigenvalue weighted by Gasteiger charge is 2.15. The molecule has 4 aromatic rings. The molecule has 3 aromatic carbocycles. The lowest BCUT2D eigenvalue weighted by atomic mass is 10.2. The summed E-state index contributed by atoms with van der Waals surface area (Å²) in [7, 11) is 0. The lowest BCUT2D eigenvalue weighted by Gasteiger charge is -2.14. The van der Waals surface area contributed by atoms with Gasteiger partial charge < -0.3 is 19.5 Å². The SMILES string of the molecule is CCOC(=O)COc1ccc(C(=O)Nc2ccccc2Oc2ccccc2-c2nn[nH]n2)cc1. The van der Waals surface area contributed by atoms with Gasteiger partial charge in [-0.1, -0.05) is 24.3 Å². The Hall–Kier alpha value is -4.73. The van der Waals surface area contributed by atoms with Crippen molar-refractivity contribution < 1.29 is 23.8 Å². The molecule has 0 atom stereocenters. The second-order valence-corrected chi connectivity index (χ2v) is 6.90. The number of nitrogens with one attached hydrogen (secondary N) is 2. The van der Waals surface area contributed by atoms with Crippen molar-refractivity contribution in [2.45, 2.75) is 6.92 Å². The Morgan fingerprint density at radius 3 is 2.41 bits per heavy atom. The van der Waals surface area contributed by atoms with Gasteiger partial charge in [0.2, 0.25) is 5.82 Å². The molecule has 0 aliphatic rings. The maximum Gasteiger partial charge on any atom is 0.344 e. The number of aromatic nitrogens is 4. The van der Waals surface area contributed by atoms with Crippen LogP contribution < -0.4 is 14.8 Å². The van der Waals surface area contributed by atoms with E-state index in [4.69, 9.17) is 14.2 Å². The molecule has 4 rings (SSSR count). The first-order chi connectivity index (χ1) is 16.6. The third kappa shape index (κ3) is 5.54. The van der Waals surface area contributed by atoms with Gasteiger partial charge in [0, 0.05) is 5.56 Å². The average molecular weight is 459 g/mol. The molecule has 0 aliphatic heterocycles. The van der Waals surface area contributed by atoms with Crippen LogP contribution in [0.1, 0.15) is 17.3 Å². The monoisotopic (exact) mass is 459 g/mol. The number of nitrogens with zero attached hydrogens (tertiary/aromatic N) is 3. The zero-order valence-electron chi connectivity index (χ0n) is 18.2. The predicted molar refractivity (Wildman–Crippen MR) is 123 cm³/mol. The summed E-state index contributed by atoms with van der Waals surface area (Å²) in [6.07, 6.45) is 0. The number of hydrogen-bond acceptors (Lipinski definition) is 8. The molecule has 0 fully saturated rings. The molecular weight excluding hydrogens is 438 g/mol. The van der Waals surface area contributed by atoms with Crippen LogP contribution in [0.2, 0.25) is 0 Å². The number of benzene rings is 3. The van der Waals surface area contributed by atoms with E-state index < -0.39 is 5.97 Å². The zero-order chi connectivity index (χ0) is 23.8. The number of hydrogen-bond donors (Lipinski definition) is 2. The zero-order valence-corrected chi connectivity index (χ0v) is 18.2. The van der Waals surface area contributed by atoms with Gasteiger partial charge in [-0.05, 0) is 60.7 Å². The molecule has 1 heterocycles. The van der Waals surface area contributed by atoms with Crippen LogP contribution in [0, 0.1) is 0 Å². The highest BCUT2D eigenvalue weighted by Crippen LogP contribution is 2.34. The predicted octanol–water partition coefficient (Wildman–Crippen LogP) is 3.85. The summed E-state index contributed by atoms with van der Waals surface area (Å²) in [4.78, 5) is 24.2. The fourth-order valence-electron chi connectivity index (χ4n) is 3.04. The van der Waals surface area contributed by atoms with Crippen molar-refractivity contribution >= 4 is 17.6 Å². The lowest BCUT2D eigenvalue weighted by Crippen LogP contribution is -2.15. The van der Waals surface area contributed by atoms with Crippen molar-refractivity contribution in [1.82, 2.24) is 20.6 Å². The van der Waals surface area contributed by atoms with Gasteiger partial charge in [0.1, 0.15) is 11.5 Å². The second-order valence-electron chi connectivity index (χ2n) is 6.90. The van der Waals surface area contributed by atoms with E-state index in [0.717, 1.165) is 0 Å². The molecule has 0 radical (unpaired) electrons. The Labute approximate surface area is 194 Å². The largest absolute Gasteiger partial charge is 0.482 e. The lowest BCUT2D eigenvalue weighted by molar-refractivity contribution is -0.145. The van der Waals surface area contributed by atoms with Crippen LogP contribution in [0.3, 0.4) is 0 Å². The molecule has 172 valence electrons. The number of amides is 1. The van der Waals surface area contributed by atoms with Crippen LogP contribution >= 0.6 is 0 Å². The minimum Gasteiger partial charge on any atom is -0.482 e. The van der Waals surface area contributed by atoms with E-state index in [1.807, 2.05) is 18.2 Å². The number of aromatic amines is 1. The smallest absolute Gasteiger partial charge is 0.344 e. The average Bonchev–Trinajstić information content (AvgIpc) is 3.40. The summed E-state index contributed by atoms with van der Waals surface area (Å²) in [5, 5.41) is 16.9. The molecule has 0 saturated carbocycles. The summed E-state index contributed by atoms with van der Waals surface area (Å²) in [6, 6.07) is 20.8. The van der Waals surface area contributed by atoms with Crippen LogP contribution in [-0.4, -0.2) is 45.7 Å². The molecule has 34 heavy (non-hydrogen) atoms. The van der Waals surface area contributed by atoms with Crippen LogP contribution in [0.15, 0.2) is 72.8 Å². The van der Waals surface area contributed by atoms with Gasteiger partial charge in [0.05, 0.1) is 17.9 Å². The van der Waals surface area contributed by atoms with Crippen LogP contribution in [-0.2, 0) is 9.53 Å². The first kappa shape index (κ1) is 22.5. The fraction of sp³-hybridized carbons (Fsp3) is 0.125. The summed E-state index contributed by atoms with van der Waals surface area (Å²) in [5.41, 5.74) is 1.54. The Balaban J connectivity index is 1.46. The normalized spacial score (nSPS) is 10.4. The maximum absolute atomic E-state index is 12.8. The molecule has 1 amide bonds. The van der Waals surface area contributed by atoms with Gasteiger partial charge in [-0.15, -0.1) is 10.2 Å². The van der Waals surface area contributed by atoms with Gasteiger partial charge in [0.25, 0.3) is 5.91 Å². The molecule has 0 saturated heterocycles. The Bertz CT molecular complexity index is 1260. The van der Waals surface area contributed by atoms with Gasteiger partial charge in [-0.25, -0.2) is 4.79 Å². The second kappa shape index (κ2) is 10.7. The maximum atomic E-state index is 12.8. The highest BCUT2D eigenvalue weighted by molar-refractivity contribution is 6.05. The molecule has 0 aliphatic carbocycles. The number of esters is 1. The van der Waals surface area contributed by atoms with Crippen LogP contribution in [0.4, 0.5) is 5.69 Å². The Morgan fingerprint density at radius 1 is 0.941 bits per heavy atom. The third-order valence-corrected chi connectivity index (χ3v) is 4.61. The van der Waals surface area contributed by atoms with Gasteiger partial charge in [0.15, 0.2) is 12.4 Å². The molecule has 0 spiro atoms. The Kier molecular flexibility index (Phi) is 7.09. The number of H-pyrrole nitrogens is 1. The fourth-order valence-corrected chi connectivity index (χ4v) is 3.04. The van der Waals surface area contributed by atoms with E-state index >= 15 is 0 Å². The molecule has 0 bridgehead atoms. The van der Waals surface area contributed by atoms with Crippen molar-refractivity contribution in [1.29, 1.82) is 0 Å². The number of tetrazole rings is 1. The number of carbonyl (C=O) groups excluding carboxylic acids is 2. The topological polar surface area (TPSA) is 128 Å².